The number of nitrogens with one attached hydrogen (secondary N) is 1. The quantitative estimate of drug-likeness (QED) is 0.532. The maximum Gasteiger partial charge on any atom is 0.308 e. The van der Waals surface area contributed by atoms with Crippen LogP contribution in [-0.2, 0) is 14.8 Å². The molecule has 1 atom stereocenters. The van der Waals surface area contributed by atoms with E-state index < -0.39 is 16.1 Å². The first-order valence-electron chi connectivity index (χ1n) is 10.2. The lowest BCUT2D eigenvalue weighted by atomic mass is 10.2. The van der Waals surface area contributed by atoms with Crippen molar-refractivity contribution >= 4 is 48.9 Å². The van der Waals surface area contributed by atoms with Gasteiger partial charge in [0.25, 0.3) is 5.91 Å². The van der Waals surface area contributed by atoms with Gasteiger partial charge in [0.1, 0.15) is 5.75 Å². The molecule has 0 fully saturated rings. The Balaban J connectivity index is 1.73. The number of carbonyl (C=O) groups is 1. The van der Waals surface area contributed by atoms with Gasteiger partial charge >= 0.3 is 4.87 Å². The van der Waals surface area contributed by atoms with Gasteiger partial charge in [-0.3, -0.25) is 18.5 Å². The highest BCUT2D eigenvalue weighted by atomic mass is 32.2. The van der Waals surface area contributed by atoms with Crippen LogP contribution in [0.15, 0.2) is 47.3 Å². The molecule has 0 unspecified atom stereocenters. The number of carbonyl (C=O) groups excluding carboxylic acids is 1. The lowest BCUT2D eigenvalue weighted by Gasteiger charge is -2.19. The molecule has 8 nitrogen and oxygen atoms in total. The third-order valence-electron chi connectivity index (χ3n) is 5.04. The van der Waals surface area contributed by atoms with E-state index in [0.717, 1.165) is 32.1 Å². The standard InChI is InChI=1S/C22H27N3O5S2/c1-6-19(30-17-10-8-16(9-11-17)24(4)32(5,28)29)21(26)23-15-7-12-18-20(13-15)31-22(27)25(18)14(2)3/h7-14,19H,6H2,1-5H3,(H,23,26)/t19-/m0/s1. The van der Waals surface area contributed by atoms with Crippen LogP contribution in [0.4, 0.5) is 11.4 Å². The van der Waals surface area contributed by atoms with Crippen molar-refractivity contribution in [2.75, 3.05) is 22.9 Å². The summed E-state index contributed by atoms with van der Waals surface area (Å²) in [5.41, 5.74) is 1.93. The number of anilines is 2. The minimum Gasteiger partial charge on any atom is -0.481 e. The van der Waals surface area contributed by atoms with Crippen molar-refractivity contribution in [1.82, 2.24) is 4.57 Å². The molecular weight excluding hydrogens is 450 g/mol. The Morgan fingerprint density at radius 2 is 1.84 bits per heavy atom. The predicted octanol–water partition coefficient (Wildman–Crippen LogP) is 3.84. The molecule has 1 amide bonds. The Bertz CT molecular complexity index is 1280. The monoisotopic (exact) mass is 477 g/mol. The zero-order valence-electron chi connectivity index (χ0n) is 18.7. The Morgan fingerprint density at radius 3 is 2.41 bits per heavy atom. The molecule has 1 heterocycles. The van der Waals surface area contributed by atoms with Crippen LogP contribution in [0.1, 0.15) is 33.2 Å². The summed E-state index contributed by atoms with van der Waals surface area (Å²) >= 11 is 1.15. The van der Waals surface area contributed by atoms with Crippen molar-refractivity contribution in [3.05, 3.63) is 52.1 Å². The van der Waals surface area contributed by atoms with E-state index in [1.807, 2.05) is 26.8 Å². The molecule has 0 aliphatic rings. The van der Waals surface area contributed by atoms with Gasteiger partial charge in [0.15, 0.2) is 6.10 Å². The summed E-state index contributed by atoms with van der Waals surface area (Å²) in [6, 6.07) is 12.0. The fraction of sp³-hybridized carbons (Fsp3) is 0.364. The second-order valence-corrected chi connectivity index (χ2v) is 10.7. The van der Waals surface area contributed by atoms with E-state index in [1.54, 1.807) is 41.0 Å². The fourth-order valence-electron chi connectivity index (χ4n) is 3.24. The number of aromatic nitrogens is 1. The van der Waals surface area contributed by atoms with E-state index in [0.29, 0.717) is 23.5 Å². The summed E-state index contributed by atoms with van der Waals surface area (Å²) in [5.74, 6) is 0.153. The molecule has 2 aromatic carbocycles. The Labute approximate surface area is 191 Å². The summed E-state index contributed by atoms with van der Waals surface area (Å²) in [6.45, 7) is 5.75. The van der Waals surface area contributed by atoms with Crippen LogP contribution in [0.25, 0.3) is 10.2 Å². The van der Waals surface area contributed by atoms with Crippen LogP contribution < -0.4 is 19.2 Å². The number of benzene rings is 2. The van der Waals surface area contributed by atoms with Gasteiger partial charge in [0.2, 0.25) is 10.0 Å². The molecule has 1 N–H and O–H groups in total. The normalized spacial score (nSPS) is 12.7. The van der Waals surface area contributed by atoms with Crippen LogP contribution in [0, 0.1) is 0 Å². The maximum absolute atomic E-state index is 12.8. The minimum atomic E-state index is -3.36. The first-order valence-corrected chi connectivity index (χ1v) is 12.8. The number of thiazole rings is 1. The number of amides is 1. The molecule has 3 aromatic rings. The zero-order valence-corrected chi connectivity index (χ0v) is 20.3. The van der Waals surface area contributed by atoms with E-state index in [-0.39, 0.29) is 16.8 Å². The highest BCUT2D eigenvalue weighted by Gasteiger charge is 2.20. The molecule has 0 bridgehead atoms. The summed E-state index contributed by atoms with van der Waals surface area (Å²) in [6.07, 6.45) is 0.835. The molecule has 1 aromatic heterocycles. The number of fused-ring (bicyclic) bond motifs is 1. The van der Waals surface area contributed by atoms with Gasteiger partial charge in [0, 0.05) is 18.8 Å². The van der Waals surface area contributed by atoms with Gasteiger partial charge in [-0.25, -0.2) is 8.42 Å². The second kappa shape index (κ2) is 9.33. The Kier molecular flexibility index (Phi) is 6.94. The van der Waals surface area contributed by atoms with Gasteiger partial charge < -0.3 is 10.1 Å². The molecule has 172 valence electrons. The second-order valence-electron chi connectivity index (χ2n) is 7.74. The summed E-state index contributed by atoms with van der Waals surface area (Å²) in [5, 5.41) is 2.86. The third kappa shape index (κ3) is 5.13. The van der Waals surface area contributed by atoms with E-state index in [1.165, 1.54) is 7.05 Å². The van der Waals surface area contributed by atoms with Gasteiger partial charge in [0.05, 0.1) is 22.2 Å². The minimum absolute atomic E-state index is 0.0294. The Hall–Kier alpha value is -2.85. The van der Waals surface area contributed by atoms with E-state index in [2.05, 4.69) is 5.32 Å². The van der Waals surface area contributed by atoms with Crippen molar-refractivity contribution in [1.29, 1.82) is 0 Å². The Morgan fingerprint density at radius 1 is 1.19 bits per heavy atom. The molecule has 3 rings (SSSR count). The fourth-order valence-corrected chi connectivity index (χ4v) is 4.80. The largest absolute Gasteiger partial charge is 0.481 e. The molecule has 0 saturated carbocycles. The summed E-state index contributed by atoms with van der Waals surface area (Å²) in [7, 11) is -1.89. The highest BCUT2D eigenvalue weighted by molar-refractivity contribution is 7.92. The van der Waals surface area contributed by atoms with Gasteiger partial charge in [-0.05, 0) is 62.7 Å². The maximum atomic E-state index is 12.8. The average Bonchev–Trinajstić information content (AvgIpc) is 3.06. The molecule has 10 heteroatoms. The van der Waals surface area contributed by atoms with Crippen LogP contribution in [0.5, 0.6) is 5.75 Å². The zero-order chi connectivity index (χ0) is 23.6. The van der Waals surface area contributed by atoms with Crippen LogP contribution in [0.2, 0.25) is 0 Å². The third-order valence-corrected chi connectivity index (χ3v) is 7.16. The highest BCUT2D eigenvalue weighted by Crippen LogP contribution is 2.25. The van der Waals surface area contributed by atoms with Crippen molar-refractivity contribution in [2.24, 2.45) is 0 Å². The SMILES string of the molecule is CC[C@H](Oc1ccc(N(C)S(C)(=O)=O)cc1)C(=O)Nc1ccc2c(c1)sc(=O)n2C(C)C. The smallest absolute Gasteiger partial charge is 0.308 e. The number of rotatable bonds is 8. The average molecular weight is 478 g/mol. The molecule has 0 radical (unpaired) electrons. The van der Waals surface area contributed by atoms with Crippen molar-refractivity contribution in [3.63, 3.8) is 0 Å². The summed E-state index contributed by atoms with van der Waals surface area (Å²) < 4.78 is 32.9. The first-order chi connectivity index (χ1) is 15.0. The van der Waals surface area contributed by atoms with Gasteiger partial charge in [-0.1, -0.05) is 18.3 Å². The molecule has 0 aliphatic heterocycles. The van der Waals surface area contributed by atoms with Crippen LogP contribution >= 0.6 is 11.3 Å². The van der Waals surface area contributed by atoms with Gasteiger partial charge in [-0.15, -0.1) is 0 Å². The van der Waals surface area contributed by atoms with Gasteiger partial charge in [-0.2, -0.15) is 0 Å². The van der Waals surface area contributed by atoms with Crippen molar-refractivity contribution < 1.29 is 17.9 Å². The lowest BCUT2D eigenvalue weighted by molar-refractivity contribution is -0.122. The molecule has 0 saturated heterocycles. The molecular formula is C22H27N3O5S2. The predicted molar refractivity (Wildman–Crippen MR) is 129 cm³/mol. The van der Waals surface area contributed by atoms with Crippen LogP contribution in [-0.4, -0.2) is 38.3 Å². The number of hydrogen-bond donors (Lipinski definition) is 1. The molecule has 0 spiro atoms. The van der Waals surface area contributed by atoms with E-state index in [9.17, 15) is 18.0 Å². The topological polar surface area (TPSA) is 97.7 Å². The lowest BCUT2D eigenvalue weighted by Crippen LogP contribution is -2.32. The first kappa shape index (κ1) is 23.8. The van der Waals surface area contributed by atoms with Crippen LogP contribution in [0.3, 0.4) is 0 Å². The molecule has 32 heavy (non-hydrogen) atoms. The summed E-state index contributed by atoms with van der Waals surface area (Å²) in [4.78, 5) is 25.0. The van der Waals surface area contributed by atoms with E-state index >= 15 is 0 Å². The number of sulfonamides is 1. The number of nitrogens with zero attached hydrogens (tertiary/aromatic N) is 2. The number of hydrogen-bond acceptors (Lipinski definition) is 6. The van der Waals surface area contributed by atoms with Crippen molar-refractivity contribution in [2.45, 2.75) is 39.3 Å². The molecule has 0 aliphatic carbocycles. The van der Waals surface area contributed by atoms with E-state index in [4.69, 9.17) is 4.74 Å². The van der Waals surface area contributed by atoms with Crippen molar-refractivity contribution in [3.8, 4) is 5.75 Å². The number of ether oxygens (including phenoxy) is 1.